The topological polar surface area (TPSA) is 78.1 Å². The lowest BCUT2D eigenvalue weighted by molar-refractivity contribution is -0.0864. The van der Waals surface area contributed by atoms with Crippen molar-refractivity contribution in [2.45, 2.75) is 56.9 Å². The highest BCUT2D eigenvalue weighted by molar-refractivity contribution is 5.94. The quantitative estimate of drug-likeness (QED) is 0.575. The van der Waals surface area contributed by atoms with Gasteiger partial charge in [0.25, 0.3) is 5.91 Å². The summed E-state index contributed by atoms with van der Waals surface area (Å²) < 4.78 is 22.5. The van der Waals surface area contributed by atoms with Gasteiger partial charge in [0.2, 0.25) is 0 Å². The summed E-state index contributed by atoms with van der Waals surface area (Å²) in [6, 6.07) is 14.2. The molecule has 2 aromatic rings. The first kappa shape index (κ1) is 24.3. The summed E-state index contributed by atoms with van der Waals surface area (Å²) in [5, 5.41) is 6.70. The van der Waals surface area contributed by atoms with Crippen LogP contribution in [0.2, 0.25) is 0 Å². The van der Waals surface area contributed by atoms with E-state index >= 15 is 0 Å². The number of benzene rings is 2. The monoisotopic (exact) mass is 480 g/mol. The Morgan fingerprint density at radius 3 is 2.66 bits per heavy atom. The summed E-state index contributed by atoms with van der Waals surface area (Å²) in [5.41, 5.74) is 4.66. The van der Waals surface area contributed by atoms with E-state index in [0.29, 0.717) is 32.0 Å². The second-order valence-electron chi connectivity index (χ2n) is 9.69. The Kier molecular flexibility index (Phi) is 8.31. The minimum absolute atomic E-state index is 0.0288. The van der Waals surface area contributed by atoms with Gasteiger partial charge in [-0.3, -0.25) is 4.79 Å². The maximum atomic E-state index is 12.8. The lowest BCUT2D eigenvalue weighted by Gasteiger charge is -2.26. The Labute approximate surface area is 207 Å². The van der Waals surface area contributed by atoms with Gasteiger partial charge in [-0.25, -0.2) is 0 Å². The number of fused-ring (bicyclic) bond motifs is 1. The third-order valence-corrected chi connectivity index (χ3v) is 7.00. The van der Waals surface area contributed by atoms with Crippen LogP contribution in [-0.4, -0.2) is 63.7 Å². The van der Waals surface area contributed by atoms with Gasteiger partial charge in [-0.1, -0.05) is 18.2 Å². The van der Waals surface area contributed by atoms with Crippen molar-refractivity contribution in [3.8, 4) is 5.75 Å². The van der Waals surface area contributed by atoms with E-state index in [1.54, 1.807) is 0 Å². The van der Waals surface area contributed by atoms with Crippen molar-refractivity contribution < 1.29 is 23.7 Å². The maximum Gasteiger partial charge on any atom is 0.251 e. The first-order valence-electron chi connectivity index (χ1n) is 12.9. The van der Waals surface area contributed by atoms with E-state index in [-0.39, 0.29) is 24.2 Å². The van der Waals surface area contributed by atoms with E-state index in [0.717, 1.165) is 57.6 Å². The number of hydrogen-bond acceptors (Lipinski definition) is 6. The predicted molar refractivity (Wildman–Crippen MR) is 133 cm³/mol. The number of aryl methyl sites for hydroxylation is 1. The van der Waals surface area contributed by atoms with Gasteiger partial charge in [0.05, 0.1) is 32.0 Å². The zero-order valence-electron chi connectivity index (χ0n) is 20.3. The van der Waals surface area contributed by atoms with Gasteiger partial charge in [-0.05, 0) is 73.1 Å². The molecule has 7 heteroatoms. The first-order chi connectivity index (χ1) is 17.2. The largest absolute Gasteiger partial charge is 0.491 e. The molecule has 2 aliphatic heterocycles. The molecule has 1 amide bonds. The Hall–Kier alpha value is -2.45. The maximum absolute atomic E-state index is 12.8. The molecule has 1 aliphatic carbocycles. The minimum Gasteiger partial charge on any atom is -0.491 e. The molecule has 7 nitrogen and oxygen atoms in total. The molecule has 2 fully saturated rings. The van der Waals surface area contributed by atoms with Gasteiger partial charge in [-0.15, -0.1) is 0 Å². The minimum atomic E-state index is -0.0288. The van der Waals surface area contributed by atoms with Gasteiger partial charge in [0.15, 0.2) is 0 Å². The molecular weight excluding hydrogens is 444 g/mol. The smallest absolute Gasteiger partial charge is 0.251 e. The predicted octanol–water partition coefficient (Wildman–Crippen LogP) is 3.04. The summed E-state index contributed by atoms with van der Waals surface area (Å²) in [6.45, 7) is 5.05. The lowest BCUT2D eigenvalue weighted by Crippen LogP contribution is -2.39. The molecule has 0 saturated carbocycles. The van der Waals surface area contributed by atoms with Crippen molar-refractivity contribution in [3.63, 3.8) is 0 Å². The molecule has 35 heavy (non-hydrogen) atoms. The average molecular weight is 481 g/mol. The highest BCUT2D eigenvalue weighted by atomic mass is 16.6. The van der Waals surface area contributed by atoms with Gasteiger partial charge in [0, 0.05) is 31.3 Å². The number of carbonyl (C=O) groups is 1. The molecule has 0 aromatic heterocycles. The van der Waals surface area contributed by atoms with Crippen LogP contribution in [0.15, 0.2) is 42.5 Å². The van der Waals surface area contributed by atoms with Gasteiger partial charge in [0.1, 0.15) is 12.4 Å². The average Bonchev–Trinajstić information content (AvgIpc) is 3.42. The molecule has 1 unspecified atom stereocenters. The molecular formula is C28H36N2O5. The Balaban J connectivity index is 1.07. The molecule has 5 rings (SSSR count). The summed E-state index contributed by atoms with van der Waals surface area (Å²) in [7, 11) is 0. The number of carbonyl (C=O) groups excluding carboxylic acids is 1. The Morgan fingerprint density at radius 2 is 1.86 bits per heavy atom. The second kappa shape index (κ2) is 12.0. The highest BCUT2D eigenvalue weighted by Gasteiger charge is 2.22. The van der Waals surface area contributed by atoms with Crippen LogP contribution in [0.1, 0.15) is 46.3 Å². The number of amides is 1. The zero-order valence-corrected chi connectivity index (χ0v) is 20.3. The van der Waals surface area contributed by atoms with Crippen LogP contribution < -0.4 is 15.4 Å². The van der Waals surface area contributed by atoms with Crippen LogP contribution in [0.25, 0.3) is 0 Å². The molecule has 188 valence electrons. The third kappa shape index (κ3) is 6.82. The fraction of sp³-hybridized carbons (Fsp3) is 0.536. The number of hydrogen-bond donors (Lipinski definition) is 2. The molecule has 3 atom stereocenters. The van der Waals surface area contributed by atoms with Gasteiger partial charge in [-0.2, -0.15) is 0 Å². The fourth-order valence-electron chi connectivity index (χ4n) is 5.01. The van der Waals surface area contributed by atoms with Gasteiger partial charge >= 0.3 is 0 Å². The number of ether oxygens (including phenoxy) is 4. The lowest BCUT2D eigenvalue weighted by atomic mass is 9.87. The van der Waals surface area contributed by atoms with E-state index in [4.69, 9.17) is 18.9 Å². The van der Waals surface area contributed by atoms with E-state index in [1.807, 2.05) is 24.3 Å². The van der Waals surface area contributed by atoms with Crippen molar-refractivity contribution in [2.24, 2.45) is 0 Å². The first-order valence-corrected chi connectivity index (χ1v) is 12.9. The Bertz CT molecular complexity index is 968. The van der Waals surface area contributed by atoms with Crippen molar-refractivity contribution in [1.29, 1.82) is 0 Å². The summed E-state index contributed by atoms with van der Waals surface area (Å²) in [6.07, 6.45) is 5.27. The van der Waals surface area contributed by atoms with Crippen molar-refractivity contribution in [3.05, 3.63) is 64.7 Å². The second-order valence-corrected chi connectivity index (χ2v) is 9.69. The van der Waals surface area contributed by atoms with Crippen LogP contribution in [-0.2, 0) is 33.6 Å². The normalized spacial score (nSPS) is 24.1. The summed E-state index contributed by atoms with van der Waals surface area (Å²) in [5.74, 6) is 0.743. The molecule has 0 spiro atoms. The molecule has 2 heterocycles. The fourth-order valence-corrected chi connectivity index (χ4v) is 5.01. The summed E-state index contributed by atoms with van der Waals surface area (Å²) in [4.78, 5) is 12.8. The van der Waals surface area contributed by atoms with Crippen molar-refractivity contribution in [2.75, 3.05) is 39.6 Å². The SMILES string of the molecule is O=C(N[C@H]1CCc2cc(CNCC3COCCO3)ccc2C1)c1ccc(OC[C@@H]2CCCO2)cc1. The van der Waals surface area contributed by atoms with E-state index < -0.39 is 0 Å². The molecule has 3 aliphatic rings. The van der Waals surface area contributed by atoms with E-state index in [1.165, 1.54) is 16.7 Å². The van der Waals surface area contributed by atoms with Crippen LogP contribution in [0, 0.1) is 0 Å². The standard InChI is InChI=1S/C28H36N2O5/c31-28(21-6-9-25(10-7-21)35-19-26-2-1-11-33-26)30-24-8-5-22-14-20(3-4-23(22)15-24)16-29-17-27-18-32-12-13-34-27/h3-4,6-7,9-10,14,24,26-27,29H,1-2,5,8,11-13,15-19H2,(H,30,31)/t24-,26-,27?/m0/s1. The zero-order chi connectivity index (χ0) is 23.9. The molecule has 2 N–H and O–H groups in total. The van der Waals surface area contributed by atoms with Gasteiger partial charge < -0.3 is 29.6 Å². The van der Waals surface area contributed by atoms with Crippen LogP contribution in [0.5, 0.6) is 5.75 Å². The number of nitrogens with one attached hydrogen (secondary N) is 2. The van der Waals surface area contributed by atoms with E-state index in [2.05, 4.69) is 28.8 Å². The summed E-state index contributed by atoms with van der Waals surface area (Å²) >= 11 is 0. The molecule has 2 aromatic carbocycles. The highest BCUT2D eigenvalue weighted by Crippen LogP contribution is 2.23. The molecule has 2 saturated heterocycles. The molecule has 0 radical (unpaired) electrons. The van der Waals surface area contributed by atoms with Crippen molar-refractivity contribution >= 4 is 5.91 Å². The van der Waals surface area contributed by atoms with Crippen LogP contribution in [0.4, 0.5) is 0 Å². The van der Waals surface area contributed by atoms with Crippen molar-refractivity contribution in [1.82, 2.24) is 10.6 Å². The van der Waals surface area contributed by atoms with Crippen LogP contribution >= 0.6 is 0 Å². The Morgan fingerprint density at radius 1 is 0.971 bits per heavy atom. The van der Waals surface area contributed by atoms with E-state index in [9.17, 15) is 4.79 Å². The molecule has 0 bridgehead atoms. The van der Waals surface area contributed by atoms with Crippen LogP contribution in [0.3, 0.4) is 0 Å². The third-order valence-electron chi connectivity index (χ3n) is 7.00. The number of rotatable bonds is 9.